The fourth-order valence-electron chi connectivity index (χ4n) is 4.35. The van der Waals surface area contributed by atoms with Crippen molar-refractivity contribution in [2.45, 2.75) is 50.7 Å². The lowest BCUT2D eigenvalue weighted by Gasteiger charge is -2.49. The zero-order chi connectivity index (χ0) is 18.2. The predicted octanol–water partition coefficient (Wildman–Crippen LogP) is 1.47. The molecule has 0 saturated carbocycles. The zero-order valence-corrected chi connectivity index (χ0v) is 16.2. The molecule has 7 heteroatoms. The normalized spacial score (nSPS) is 26.8. The zero-order valence-electron chi connectivity index (χ0n) is 16.2. The van der Waals surface area contributed by atoms with E-state index >= 15 is 0 Å². The van der Waals surface area contributed by atoms with Crippen molar-refractivity contribution in [2.24, 2.45) is 0 Å². The first-order valence-corrected chi connectivity index (χ1v) is 10.3. The predicted molar refractivity (Wildman–Crippen MR) is 99.4 cm³/mol. The van der Waals surface area contributed by atoms with E-state index in [9.17, 15) is 4.79 Å². The van der Waals surface area contributed by atoms with Crippen molar-refractivity contribution < 1.29 is 19.0 Å². The van der Waals surface area contributed by atoms with Crippen LogP contribution < -0.4 is 5.32 Å². The van der Waals surface area contributed by atoms with Gasteiger partial charge < -0.3 is 24.4 Å². The van der Waals surface area contributed by atoms with E-state index in [1.807, 2.05) is 11.8 Å². The van der Waals surface area contributed by atoms with Gasteiger partial charge in [0.05, 0.1) is 18.8 Å². The van der Waals surface area contributed by atoms with Crippen LogP contribution in [0.1, 0.15) is 39.0 Å². The first kappa shape index (κ1) is 19.9. The highest BCUT2D eigenvalue weighted by atomic mass is 16.5. The van der Waals surface area contributed by atoms with Crippen LogP contribution in [0.25, 0.3) is 0 Å². The number of hydrogen-bond donors (Lipinski definition) is 1. The second-order valence-electron chi connectivity index (χ2n) is 7.60. The summed E-state index contributed by atoms with van der Waals surface area (Å²) in [6.45, 7) is 10.3. The standard InChI is InChI=1S/C19H35N3O4/c1-2-24-12-3-7-20-18(23)22-8-5-19(6-9-22)16-17(4-13-26-19)21-10-14-25-15-11-21/h17H,2-16H2,1H3,(H,20,23). The maximum atomic E-state index is 12.3. The van der Waals surface area contributed by atoms with Gasteiger partial charge in [0.15, 0.2) is 0 Å². The van der Waals surface area contributed by atoms with Crippen LogP contribution in [-0.4, -0.2) is 93.2 Å². The Bertz CT molecular complexity index is 435. The lowest BCUT2D eigenvalue weighted by atomic mass is 9.82. The van der Waals surface area contributed by atoms with E-state index in [-0.39, 0.29) is 11.6 Å². The summed E-state index contributed by atoms with van der Waals surface area (Å²) in [4.78, 5) is 16.8. The summed E-state index contributed by atoms with van der Waals surface area (Å²) >= 11 is 0. The van der Waals surface area contributed by atoms with Gasteiger partial charge in [-0.1, -0.05) is 0 Å². The molecule has 150 valence electrons. The van der Waals surface area contributed by atoms with Crippen LogP contribution >= 0.6 is 0 Å². The van der Waals surface area contributed by atoms with Gasteiger partial charge in [-0.25, -0.2) is 4.79 Å². The summed E-state index contributed by atoms with van der Waals surface area (Å²) in [5.74, 6) is 0. The number of hydrogen-bond acceptors (Lipinski definition) is 5. The summed E-state index contributed by atoms with van der Waals surface area (Å²) in [6.07, 6.45) is 4.96. The second kappa shape index (κ2) is 9.88. The van der Waals surface area contributed by atoms with Crippen molar-refractivity contribution in [3.05, 3.63) is 0 Å². The number of likely N-dealkylation sites (tertiary alicyclic amines) is 1. The molecular weight excluding hydrogens is 334 g/mol. The molecule has 2 amide bonds. The first-order chi connectivity index (χ1) is 12.7. The Balaban J connectivity index is 1.41. The number of rotatable bonds is 6. The average molecular weight is 370 g/mol. The number of morpholine rings is 1. The molecule has 3 aliphatic heterocycles. The van der Waals surface area contributed by atoms with Gasteiger partial charge in [-0.3, -0.25) is 4.90 Å². The highest BCUT2D eigenvalue weighted by molar-refractivity contribution is 5.74. The lowest BCUT2D eigenvalue weighted by Crippen LogP contribution is -2.56. The monoisotopic (exact) mass is 369 g/mol. The van der Waals surface area contributed by atoms with Gasteiger partial charge in [-0.05, 0) is 39.0 Å². The molecule has 1 spiro atoms. The summed E-state index contributed by atoms with van der Waals surface area (Å²) in [5, 5.41) is 3.01. The Morgan fingerprint density at radius 2 is 1.96 bits per heavy atom. The number of urea groups is 1. The molecule has 26 heavy (non-hydrogen) atoms. The van der Waals surface area contributed by atoms with Crippen molar-refractivity contribution in [2.75, 3.05) is 65.8 Å². The Morgan fingerprint density at radius 1 is 1.19 bits per heavy atom. The van der Waals surface area contributed by atoms with Gasteiger partial charge in [0, 0.05) is 58.6 Å². The minimum Gasteiger partial charge on any atom is -0.382 e. The number of carbonyl (C=O) groups excluding carboxylic acids is 1. The molecule has 0 bridgehead atoms. The average Bonchev–Trinajstić information content (AvgIpc) is 2.69. The molecular formula is C19H35N3O4. The fourth-order valence-corrected chi connectivity index (χ4v) is 4.35. The van der Waals surface area contributed by atoms with Crippen LogP contribution in [0.15, 0.2) is 0 Å². The smallest absolute Gasteiger partial charge is 0.317 e. The SMILES string of the molecule is CCOCCCNC(=O)N1CCC2(CC1)CC(N1CCOCC1)CCO2. The highest BCUT2D eigenvalue weighted by Crippen LogP contribution is 2.36. The Labute approximate surface area is 157 Å². The summed E-state index contributed by atoms with van der Waals surface area (Å²) in [5.41, 5.74) is -0.0348. The van der Waals surface area contributed by atoms with E-state index < -0.39 is 0 Å². The third kappa shape index (κ3) is 5.31. The third-order valence-corrected chi connectivity index (χ3v) is 5.94. The number of piperidine rings is 1. The van der Waals surface area contributed by atoms with E-state index in [0.717, 1.165) is 84.7 Å². The van der Waals surface area contributed by atoms with Crippen molar-refractivity contribution in [3.8, 4) is 0 Å². The molecule has 0 aromatic carbocycles. The minimum absolute atomic E-state index is 0.0348. The quantitative estimate of drug-likeness (QED) is 0.719. The van der Waals surface area contributed by atoms with E-state index in [0.29, 0.717) is 19.2 Å². The molecule has 3 aliphatic rings. The van der Waals surface area contributed by atoms with E-state index in [1.54, 1.807) is 0 Å². The maximum absolute atomic E-state index is 12.3. The van der Waals surface area contributed by atoms with Crippen LogP contribution in [0.3, 0.4) is 0 Å². The Hall–Kier alpha value is -0.890. The van der Waals surface area contributed by atoms with E-state index in [4.69, 9.17) is 14.2 Å². The summed E-state index contributed by atoms with van der Waals surface area (Å²) in [7, 11) is 0. The van der Waals surface area contributed by atoms with Gasteiger partial charge >= 0.3 is 6.03 Å². The van der Waals surface area contributed by atoms with Crippen LogP contribution in [0.2, 0.25) is 0 Å². The molecule has 1 atom stereocenters. The number of ether oxygens (including phenoxy) is 3. The molecule has 1 N–H and O–H groups in total. The molecule has 1 unspecified atom stereocenters. The summed E-state index contributed by atoms with van der Waals surface area (Å²) in [6, 6.07) is 0.656. The molecule has 0 aromatic heterocycles. The van der Waals surface area contributed by atoms with Crippen LogP contribution in [0.5, 0.6) is 0 Å². The van der Waals surface area contributed by atoms with Crippen LogP contribution in [0, 0.1) is 0 Å². The number of carbonyl (C=O) groups is 1. The second-order valence-corrected chi connectivity index (χ2v) is 7.60. The largest absolute Gasteiger partial charge is 0.382 e. The number of nitrogens with one attached hydrogen (secondary N) is 1. The molecule has 3 rings (SSSR count). The van der Waals surface area contributed by atoms with Crippen molar-refractivity contribution >= 4 is 6.03 Å². The summed E-state index contributed by atoms with van der Waals surface area (Å²) < 4.78 is 17.0. The lowest BCUT2D eigenvalue weighted by molar-refractivity contribution is -0.135. The van der Waals surface area contributed by atoms with Gasteiger partial charge in [0.1, 0.15) is 0 Å². The minimum atomic E-state index is -0.0348. The number of nitrogens with zero attached hydrogens (tertiary/aromatic N) is 2. The van der Waals surface area contributed by atoms with Gasteiger partial charge in [-0.15, -0.1) is 0 Å². The molecule has 3 heterocycles. The van der Waals surface area contributed by atoms with E-state index in [1.165, 1.54) is 0 Å². The molecule has 3 saturated heterocycles. The van der Waals surface area contributed by atoms with Gasteiger partial charge in [0.2, 0.25) is 0 Å². The molecule has 3 fully saturated rings. The van der Waals surface area contributed by atoms with Crippen molar-refractivity contribution in [3.63, 3.8) is 0 Å². The van der Waals surface area contributed by atoms with Crippen molar-refractivity contribution in [1.82, 2.24) is 15.1 Å². The fraction of sp³-hybridized carbons (Fsp3) is 0.947. The van der Waals surface area contributed by atoms with Crippen molar-refractivity contribution in [1.29, 1.82) is 0 Å². The van der Waals surface area contributed by atoms with Crippen LogP contribution in [-0.2, 0) is 14.2 Å². The number of amides is 2. The van der Waals surface area contributed by atoms with Crippen LogP contribution in [0.4, 0.5) is 4.79 Å². The first-order valence-electron chi connectivity index (χ1n) is 10.3. The Kier molecular flexibility index (Phi) is 7.54. The maximum Gasteiger partial charge on any atom is 0.317 e. The van der Waals surface area contributed by atoms with E-state index in [2.05, 4.69) is 10.2 Å². The highest BCUT2D eigenvalue weighted by Gasteiger charge is 2.42. The molecule has 0 aliphatic carbocycles. The van der Waals surface area contributed by atoms with Gasteiger partial charge in [0.25, 0.3) is 0 Å². The Morgan fingerprint density at radius 3 is 2.69 bits per heavy atom. The molecule has 7 nitrogen and oxygen atoms in total. The molecule has 0 aromatic rings. The third-order valence-electron chi connectivity index (χ3n) is 5.94. The topological polar surface area (TPSA) is 63.3 Å². The van der Waals surface area contributed by atoms with Gasteiger partial charge in [-0.2, -0.15) is 0 Å². The molecule has 0 radical (unpaired) electrons.